The van der Waals surface area contributed by atoms with Crippen LogP contribution >= 0.6 is 19.9 Å². The minimum atomic E-state index is -1.02. The first-order valence-corrected chi connectivity index (χ1v) is 14.2. The summed E-state index contributed by atoms with van der Waals surface area (Å²) in [7, 11) is 0.736. The number of ether oxygens (including phenoxy) is 1. The van der Waals surface area contributed by atoms with Gasteiger partial charge in [0.25, 0.3) is 0 Å². The molecule has 0 fully saturated rings. The second kappa shape index (κ2) is 12.3. The molecule has 0 aliphatic rings. The summed E-state index contributed by atoms with van der Waals surface area (Å²) >= 11 is 1.84. The molecule has 0 N–H and O–H groups in total. The molecule has 0 aromatic heterocycles. The SMILES string of the molecule is COC[C@H](OP(c1ccccc1)c1ccccc1)[C@H](Sc1ccc2ccccc2c1)c1ccccc1. The van der Waals surface area contributed by atoms with E-state index in [0.29, 0.717) is 6.61 Å². The largest absolute Gasteiger partial charge is 0.382 e. The van der Waals surface area contributed by atoms with Gasteiger partial charge in [-0.15, -0.1) is 11.8 Å². The van der Waals surface area contributed by atoms with Gasteiger partial charge in [-0.2, -0.15) is 0 Å². The molecule has 0 bridgehead atoms. The minimum absolute atomic E-state index is 0.0599. The Bertz CT molecular complexity index is 1320. The van der Waals surface area contributed by atoms with Crippen molar-refractivity contribution >= 4 is 41.3 Å². The van der Waals surface area contributed by atoms with E-state index in [1.807, 2.05) is 11.8 Å². The zero-order valence-electron chi connectivity index (χ0n) is 20.2. The van der Waals surface area contributed by atoms with Crippen molar-refractivity contribution in [3.63, 3.8) is 0 Å². The Morgan fingerprint density at radius 3 is 1.81 bits per heavy atom. The molecule has 0 aliphatic carbocycles. The molecule has 0 saturated heterocycles. The molecule has 0 unspecified atom stereocenters. The summed E-state index contributed by atoms with van der Waals surface area (Å²) < 4.78 is 12.8. The predicted octanol–water partition coefficient (Wildman–Crippen LogP) is 7.75. The van der Waals surface area contributed by atoms with Crippen molar-refractivity contribution in [3.05, 3.63) is 139 Å². The zero-order valence-corrected chi connectivity index (χ0v) is 21.9. The number of hydrogen-bond acceptors (Lipinski definition) is 3. The molecule has 36 heavy (non-hydrogen) atoms. The maximum Gasteiger partial charge on any atom is 0.102 e. The fraction of sp³-hybridized carbons (Fsp3) is 0.125. The van der Waals surface area contributed by atoms with E-state index in [1.165, 1.54) is 31.8 Å². The number of hydrogen-bond donors (Lipinski definition) is 0. The quantitative estimate of drug-likeness (QED) is 0.142. The molecular weight excluding hydrogens is 479 g/mol. The van der Waals surface area contributed by atoms with Crippen molar-refractivity contribution in [2.45, 2.75) is 16.2 Å². The first-order valence-electron chi connectivity index (χ1n) is 12.1. The molecule has 180 valence electrons. The lowest BCUT2D eigenvalue weighted by Gasteiger charge is -2.31. The second-order valence-corrected chi connectivity index (χ2v) is 11.6. The van der Waals surface area contributed by atoms with Gasteiger partial charge in [0, 0.05) is 22.6 Å². The van der Waals surface area contributed by atoms with Crippen molar-refractivity contribution in [2.75, 3.05) is 13.7 Å². The second-order valence-electron chi connectivity index (χ2n) is 8.52. The number of fused-ring (bicyclic) bond motifs is 1. The molecule has 5 rings (SSSR count). The molecule has 0 saturated carbocycles. The standard InChI is InChI=1S/C32H29O2PS/c1-33-24-31(34-35(28-17-7-3-8-18-28)29-19-9-4-10-20-29)32(26-14-5-2-6-15-26)36-30-22-21-25-13-11-12-16-27(25)23-30/h2-23,31-32H,24H2,1H3/t31-,32+/m0/s1. The Labute approximate surface area is 219 Å². The maximum absolute atomic E-state index is 7.06. The molecule has 5 aromatic carbocycles. The fourth-order valence-electron chi connectivity index (χ4n) is 4.26. The molecule has 5 aromatic rings. The summed E-state index contributed by atoms with van der Waals surface area (Å²) in [6, 6.07) is 46.9. The van der Waals surface area contributed by atoms with Crippen LogP contribution in [0, 0.1) is 0 Å². The van der Waals surface area contributed by atoms with E-state index in [-0.39, 0.29) is 11.4 Å². The molecule has 0 amide bonds. The monoisotopic (exact) mass is 508 g/mol. The number of benzene rings is 5. The van der Waals surface area contributed by atoms with Gasteiger partial charge in [-0.05, 0) is 28.5 Å². The number of rotatable bonds is 10. The Kier molecular flexibility index (Phi) is 8.48. The molecule has 2 atom stereocenters. The summed E-state index contributed by atoms with van der Waals surface area (Å²) in [5, 5.41) is 4.95. The number of methoxy groups -OCH3 is 1. The third-order valence-electron chi connectivity index (χ3n) is 6.00. The summed E-state index contributed by atoms with van der Waals surface area (Å²) in [6.07, 6.45) is -0.152. The molecule has 0 heterocycles. The van der Waals surface area contributed by atoms with E-state index >= 15 is 0 Å². The lowest BCUT2D eigenvalue weighted by atomic mass is 10.1. The summed E-state index contributed by atoms with van der Waals surface area (Å²) in [4.78, 5) is 1.22. The third kappa shape index (κ3) is 6.06. The first-order chi connectivity index (χ1) is 17.8. The highest BCUT2D eigenvalue weighted by Gasteiger charge is 2.30. The van der Waals surface area contributed by atoms with Crippen LogP contribution < -0.4 is 10.6 Å². The van der Waals surface area contributed by atoms with Crippen molar-refractivity contribution in [1.29, 1.82) is 0 Å². The average Bonchev–Trinajstić information content (AvgIpc) is 2.95. The van der Waals surface area contributed by atoms with Gasteiger partial charge in [0.1, 0.15) is 6.10 Å². The van der Waals surface area contributed by atoms with Gasteiger partial charge in [-0.1, -0.05) is 121 Å². The van der Waals surface area contributed by atoms with Crippen molar-refractivity contribution < 1.29 is 9.26 Å². The van der Waals surface area contributed by atoms with Crippen LogP contribution in [0.1, 0.15) is 10.8 Å². The molecule has 0 radical (unpaired) electrons. The third-order valence-corrected chi connectivity index (χ3v) is 9.37. The summed E-state index contributed by atoms with van der Waals surface area (Å²) in [6.45, 7) is 0.499. The Morgan fingerprint density at radius 1 is 0.639 bits per heavy atom. The van der Waals surface area contributed by atoms with Crippen LogP contribution in [0.3, 0.4) is 0 Å². The topological polar surface area (TPSA) is 18.5 Å². The normalized spacial score (nSPS) is 13.1. The van der Waals surface area contributed by atoms with Crippen LogP contribution in [-0.2, 0) is 9.26 Å². The van der Waals surface area contributed by atoms with Crippen molar-refractivity contribution in [2.24, 2.45) is 0 Å². The highest BCUT2D eigenvalue weighted by Crippen LogP contribution is 2.45. The Balaban J connectivity index is 1.52. The van der Waals surface area contributed by atoms with Gasteiger partial charge in [-0.25, -0.2) is 0 Å². The van der Waals surface area contributed by atoms with Gasteiger partial charge in [0.15, 0.2) is 0 Å². The van der Waals surface area contributed by atoms with Crippen LogP contribution in [0.5, 0.6) is 0 Å². The van der Waals surface area contributed by atoms with Crippen molar-refractivity contribution in [3.8, 4) is 0 Å². The van der Waals surface area contributed by atoms with E-state index in [9.17, 15) is 0 Å². The van der Waals surface area contributed by atoms with E-state index in [4.69, 9.17) is 9.26 Å². The van der Waals surface area contributed by atoms with E-state index in [0.717, 1.165) is 0 Å². The maximum atomic E-state index is 7.06. The van der Waals surface area contributed by atoms with Crippen LogP contribution in [0.25, 0.3) is 10.8 Å². The van der Waals surface area contributed by atoms with Gasteiger partial charge in [0.2, 0.25) is 0 Å². The molecule has 4 heteroatoms. The smallest absolute Gasteiger partial charge is 0.102 e. The van der Waals surface area contributed by atoms with Gasteiger partial charge in [-0.3, -0.25) is 0 Å². The van der Waals surface area contributed by atoms with Crippen LogP contribution in [-0.4, -0.2) is 19.8 Å². The molecular formula is C32H29O2PS. The van der Waals surface area contributed by atoms with Crippen LogP contribution in [0.4, 0.5) is 0 Å². The first kappa shape index (κ1) is 24.7. The lowest BCUT2D eigenvalue weighted by molar-refractivity contribution is 0.0897. The van der Waals surface area contributed by atoms with Gasteiger partial charge in [0.05, 0.1) is 20.0 Å². The average molecular weight is 509 g/mol. The fourth-order valence-corrected chi connectivity index (χ4v) is 7.44. The van der Waals surface area contributed by atoms with Gasteiger partial charge < -0.3 is 9.26 Å². The molecule has 2 nitrogen and oxygen atoms in total. The Hall–Kier alpha value is -2.94. The van der Waals surface area contributed by atoms with E-state index < -0.39 is 8.15 Å². The summed E-state index contributed by atoms with van der Waals surface area (Å²) in [5.74, 6) is 0. The molecule has 0 aliphatic heterocycles. The van der Waals surface area contributed by atoms with Gasteiger partial charge >= 0.3 is 0 Å². The highest BCUT2D eigenvalue weighted by atomic mass is 32.2. The minimum Gasteiger partial charge on any atom is -0.382 e. The van der Waals surface area contributed by atoms with Crippen molar-refractivity contribution in [1.82, 2.24) is 0 Å². The highest BCUT2D eigenvalue weighted by molar-refractivity contribution is 7.99. The van der Waals surface area contributed by atoms with E-state index in [1.54, 1.807) is 7.11 Å². The number of thioether (sulfide) groups is 1. The van der Waals surface area contributed by atoms with E-state index in [2.05, 4.69) is 133 Å². The van der Waals surface area contributed by atoms with Crippen LogP contribution in [0.15, 0.2) is 138 Å². The lowest BCUT2D eigenvalue weighted by Crippen LogP contribution is -2.28. The predicted molar refractivity (Wildman–Crippen MR) is 155 cm³/mol. The Morgan fingerprint density at radius 2 is 1.19 bits per heavy atom. The summed E-state index contributed by atoms with van der Waals surface area (Å²) in [5.41, 5.74) is 1.23. The van der Waals surface area contributed by atoms with Crippen LogP contribution in [0.2, 0.25) is 0 Å². The molecule has 0 spiro atoms. The zero-order chi connectivity index (χ0) is 24.6.